The lowest BCUT2D eigenvalue weighted by molar-refractivity contribution is -0.144. The third kappa shape index (κ3) is 5.15. The number of carbonyl (C=O) groups is 1. The van der Waals surface area contributed by atoms with Crippen molar-refractivity contribution in [2.75, 3.05) is 6.54 Å². The third-order valence-corrected chi connectivity index (χ3v) is 3.54. The molecular formula is C18H19NO6. The molecule has 5 N–H and O–H groups in total. The summed E-state index contributed by atoms with van der Waals surface area (Å²) in [4.78, 5) is 16.5. The van der Waals surface area contributed by atoms with Crippen LogP contribution in [0.25, 0.3) is 6.08 Å². The molecule has 0 aliphatic rings. The van der Waals surface area contributed by atoms with Crippen molar-refractivity contribution < 1.29 is 30.1 Å². The molecule has 0 heterocycles. The van der Waals surface area contributed by atoms with Crippen LogP contribution in [-0.2, 0) is 9.63 Å². The maximum Gasteiger partial charge on any atom is 0.349 e. The first-order valence-corrected chi connectivity index (χ1v) is 7.52. The van der Waals surface area contributed by atoms with Crippen molar-refractivity contribution in [2.45, 2.75) is 12.8 Å². The number of aromatic hydroxyl groups is 4. The largest absolute Gasteiger partial charge is 0.504 e. The Morgan fingerprint density at radius 1 is 1.04 bits per heavy atom. The zero-order valence-electron chi connectivity index (χ0n) is 13.5. The zero-order chi connectivity index (χ0) is 18.4. The molecule has 2 aromatic carbocycles. The van der Waals surface area contributed by atoms with Crippen molar-refractivity contribution in [1.29, 1.82) is 0 Å². The summed E-state index contributed by atoms with van der Waals surface area (Å²) in [6.07, 6.45) is 2.61. The summed E-state index contributed by atoms with van der Waals surface area (Å²) in [6, 6.07) is 8.66. The highest BCUT2D eigenvalue weighted by molar-refractivity contribution is 5.87. The van der Waals surface area contributed by atoms with Gasteiger partial charge in [-0.05, 0) is 47.4 Å². The Kier molecular flexibility index (Phi) is 5.86. The minimum atomic E-state index is -0.631. The van der Waals surface area contributed by atoms with Crippen molar-refractivity contribution >= 4 is 12.0 Å². The number of hydrogen-bond donors (Lipinski definition) is 5. The maximum atomic E-state index is 11.6. The molecule has 0 aromatic heterocycles. The van der Waals surface area contributed by atoms with Gasteiger partial charge in [0.25, 0.3) is 0 Å². The van der Waals surface area contributed by atoms with Crippen molar-refractivity contribution in [1.82, 2.24) is 5.48 Å². The van der Waals surface area contributed by atoms with Gasteiger partial charge in [0.05, 0.1) is 0 Å². The molecule has 7 nitrogen and oxygen atoms in total. The van der Waals surface area contributed by atoms with Gasteiger partial charge in [-0.2, -0.15) is 5.48 Å². The predicted octanol–water partition coefficient (Wildman–Crippen LogP) is 2.37. The van der Waals surface area contributed by atoms with E-state index in [1.165, 1.54) is 42.5 Å². The molecule has 7 heteroatoms. The van der Waals surface area contributed by atoms with Crippen LogP contribution in [0.5, 0.6) is 23.0 Å². The molecular weight excluding hydrogens is 326 g/mol. The fourth-order valence-corrected chi connectivity index (χ4v) is 2.05. The van der Waals surface area contributed by atoms with Crippen molar-refractivity contribution in [3.05, 3.63) is 53.6 Å². The van der Waals surface area contributed by atoms with E-state index in [0.29, 0.717) is 12.1 Å². The van der Waals surface area contributed by atoms with Crippen molar-refractivity contribution in [3.8, 4) is 23.0 Å². The lowest BCUT2D eigenvalue weighted by Crippen LogP contribution is -2.23. The van der Waals surface area contributed by atoms with Gasteiger partial charge in [-0.15, -0.1) is 0 Å². The van der Waals surface area contributed by atoms with Gasteiger partial charge >= 0.3 is 5.97 Å². The quantitative estimate of drug-likeness (QED) is 0.310. The van der Waals surface area contributed by atoms with E-state index >= 15 is 0 Å². The Balaban J connectivity index is 1.82. The smallest absolute Gasteiger partial charge is 0.349 e. The Hall–Kier alpha value is -3.19. The Morgan fingerprint density at radius 3 is 2.32 bits per heavy atom. The first kappa shape index (κ1) is 18.2. The minimum Gasteiger partial charge on any atom is -0.504 e. The molecule has 0 amide bonds. The number of benzene rings is 2. The summed E-state index contributed by atoms with van der Waals surface area (Å²) in [5.41, 5.74) is 3.84. The average Bonchev–Trinajstić information content (AvgIpc) is 2.58. The van der Waals surface area contributed by atoms with E-state index in [-0.39, 0.29) is 28.9 Å². The van der Waals surface area contributed by atoms with Crippen LogP contribution in [-0.4, -0.2) is 32.9 Å². The van der Waals surface area contributed by atoms with E-state index in [0.717, 1.165) is 5.56 Å². The Morgan fingerprint density at radius 2 is 1.68 bits per heavy atom. The second kappa shape index (κ2) is 8.07. The van der Waals surface area contributed by atoms with E-state index in [4.69, 9.17) is 4.84 Å². The molecule has 0 spiro atoms. The standard InChI is InChI=1S/C18H19NO6/c1-11(13-4-6-15(21)17(23)9-13)10-19-25-18(24)7-3-12-2-5-14(20)16(22)8-12/h2-9,11,19-23H,10H2,1H3/t11-/m0/s1. The van der Waals surface area contributed by atoms with E-state index < -0.39 is 5.97 Å². The van der Waals surface area contributed by atoms with Gasteiger partial charge in [-0.3, -0.25) is 0 Å². The highest BCUT2D eigenvalue weighted by Gasteiger charge is 2.09. The number of rotatable bonds is 6. The van der Waals surface area contributed by atoms with Gasteiger partial charge in [0.1, 0.15) is 0 Å². The molecule has 132 valence electrons. The summed E-state index contributed by atoms with van der Waals surface area (Å²) in [7, 11) is 0. The summed E-state index contributed by atoms with van der Waals surface area (Å²) in [6.45, 7) is 2.17. The van der Waals surface area contributed by atoms with Crippen LogP contribution in [0.2, 0.25) is 0 Å². The normalized spacial score (nSPS) is 12.2. The van der Waals surface area contributed by atoms with E-state index in [1.54, 1.807) is 6.07 Å². The fraction of sp³-hybridized carbons (Fsp3) is 0.167. The van der Waals surface area contributed by atoms with Gasteiger partial charge in [-0.1, -0.05) is 19.1 Å². The molecule has 0 fully saturated rings. The van der Waals surface area contributed by atoms with E-state index in [9.17, 15) is 25.2 Å². The lowest BCUT2D eigenvalue weighted by Gasteiger charge is -2.13. The minimum absolute atomic E-state index is 0.0719. The number of nitrogens with one attached hydrogen (secondary N) is 1. The predicted molar refractivity (Wildman–Crippen MR) is 91.1 cm³/mol. The number of carbonyl (C=O) groups excluding carboxylic acids is 1. The van der Waals surface area contributed by atoms with Gasteiger partial charge in [0, 0.05) is 12.6 Å². The maximum absolute atomic E-state index is 11.6. The van der Waals surface area contributed by atoms with Crippen LogP contribution in [0, 0.1) is 0 Å². The molecule has 2 rings (SSSR count). The highest BCUT2D eigenvalue weighted by atomic mass is 16.7. The summed E-state index contributed by atoms with van der Waals surface area (Å²) < 4.78 is 0. The van der Waals surface area contributed by atoms with Crippen LogP contribution < -0.4 is 5.48 Å². The molecule has 2 aromatic rings. The first-order chi connectivity index (χ1) is 11.9. The summed E-state index contributed by atoms with van der Waals surface area (Å²) >= 11 is 0. The van der Waals surface area contributed by atoms with Crippen LogP contribution in [0.1, 0.15) is 24.0 Å². The molecule has 25 heavy (non-hydrogen) atoms. The number of phenols is 4. The Labute approximate surface area is 144 Å². The molecule has 0 aliphatic heterocycles. The molecule has 0 saturated carbocycles. The molecule has 0 unspecified atom stereocenters. The molecule has 0 bridgehead atoms. The lowest BCUT2D eigenvalue weighted by atomic mass is 10.0. The zero-order valence-corrected chi connectivity index (χ0v) is 13.5. The molecule has 0 saturated heterocycles. The molecule has 1 atom stereocenters. The van der Waals surface area contributed by atoms with Gasteiger partial charge in [0.15, 0.2) is 23.0 Å². The first-order valence-electron chi connectivity index (χ1n) is 7.52. The van der Waals surface area contributed by atoms with Gasteiger partial charge in [-0.25, -0.2) is 4.79 Å². The van der Waals surface area contributed by atoms with Crippen LogP contribution >= 0.6 is 0 Å². The van der Waals surface area contributed by atoms with E-state index in [2.05, 4.69) is 5.48 Å². The topological polar surface area (TPSA) is 119 Å². The van der Waals surface area contributed by atoms with E-state index in [1.807, 2.05) is 6.92 Å². The van der Waals surface area contributed by atoms with Gasteiger partial charge < -0.3 is 25.3 Å². The molecule has 0 aliphatic carbocycles. The number of hydrogen-bond acceptors (Lipinski definition) is 7. The van der Waals surface area contributed by atoms with Crippen molar-refractivity contribution in [3.63, 3.8) is 0 Å². The SMILES string of the molecule is C[C@@H](CNOC(=O)C=Cc1ccc(O)c(O)c1)c1ccc(O)c(O)c1. The monoisotopic (exact) mass is 345 g/mol. The number of hydroxylamine groups is 1. The van der Waals surface area contributed by atoms with Crippen LogP contribution in [0.4, 0.5) is 0 Å². The van der Waals surface area contributed by atoms with Crippen LogP contribution in [0.15, 0.2) is 42.5 Å². The average molecular weight is 345 g/mol. The summed E-state index contributed by atoms with van der Waals surface area (Å²) in [5.74, 6) is -1.62. The van der Waals surface area contributed by atoms with Crippen molar-refractivity contribution in [2.24, 2.45) is 0 Å². The number of phenolic OH excluding ortho intramolecular Hbond substituents is 4. The van der Waals surface area contributed by atoms with Crippen LogP contribution in [0.3, 0.4) is 0 Å². The molecule has 0 radical (unpaired) electrons. The second-order valence-electron chi connectivity index (χ2n) is 5.50. The van der Waals surface area contributed by atoms with Gasteiger partial charge in [0.2, 0.25) is 0 Å². The summed E-state index contributed by atoms with van der Waals surface area (Å²) in [5, 5.41) is 37.3. The Bertz CT molecular complexity index is 787. The second-order valence-corrected chi connectivity index (χ2v) is 5.50. The fourth-order valence-electron chi connectivity index (χ4n) is 2.05. The third-order valence-electron chi connectivity index (χ3n) is 3.54. The highest BCUT2D eigenvalue weighted by Crippen LogP contribution is 2.28.